The van der Waals surface area contributed by atoms with Crippen molar-refractivity contribution in [1.82, 2.24) is 0 Å². The molecule has 0 amide bonds. The number of aliphatic hydroxyl groups is 2. The number of esters is 2. The van der Waals surface area contributed by atoms with Crippen LogP contribution in [-0.4, -0.2) is 96.8 Å². The molecule has 0 radical (unpaired) electrons. The molecule has 2 aliphatic rings. The summed E-state index contributed by atoms with van der Waals surface area (Å²) in [6.07, 6.45) is -0.582. The lowest BCUT2D eigenvalue weighted by atomic mass is 9.74. The molecule has 2 heterocycles. The summed E-state index contributed by atoms with van der Waals surface area (Å²) in [5, 5.41) is 53.2. The second-order valence-corrected chi connectivity index (χ2v) is 12.4. The standard InChI is InChI=1S/C34H46O14/c1-4-5-6-7-11-19-25(36)46-27-26(37)32(47-28(29(38)39)33(44,30(40)41)34(27,48-32)31(42)43)20-13-18-24(45-22(3)35)21(2)14-12-17-23-15-9-8-10-16-23/h8-10,12,15-17,21,24,26-28,37,44H,4-7,11,13-14,18-20H2,1-3H3,(H,38,39)(H,40,41)(H,42,43)/t21?,24?,26-,27-,28-,32+,33-,34+/m1/s1. The number of carboxylic acids is 3. The SMILES string of the molecule is CCCCCCCC(=O)O[C@@H]1[C@@H](O)[C@@]2(CCCC(OC(C)=O)C(C)CC=Cc3ccccc3)O[C@H](C(=O)O)[C@@](O)(C(=O)O)[C@]1(C(=O)O)O2. The van der Waals surface area contributed by atoms with Crippen LogP contribution in [0.1, 0.15) is 90.5 Å². The predicted molar refractivity (Wildman–Crippen MR) is 167 cm³/mol. The van der Waals surface area contributed by atoms with E-state index >= 15 is 0 Å². The molecule has 0 spiro atoms. The summed E-state index contributed by atoms with van der Waals surface area (Å²) >= 11 is 0. The van der Waals surface area contributed by atoms with E-state index < -0.39 is 77.7 Å². The van der Waals surface area contributed by atoms with Gasteiger partial charge in [0.05, 0.1) is 0 Å². The van der Waals surface area contributed by atoms with Crippen molar-refractivity contribution in [3.63, 3.8) is 0 Å². The molecule has 0 aliphatic carbocycles. The molecular weight excluding hydrogens is 632 g/mol. The summed E-state index contributed by atoms with van der Waals surface area (Å²) in [5.41, 5.74) is -6.34. The van der Waals surface area contributed by atoms with E-state index in [1.807, 2.05) is 56.3 Å². The number of hydrogen-bond acceptors (Lipinski definition) is 11. The minimum absolute atomic E-state index is 0.0205. The first-order valence-electron chi connectivity index (χ1n) is 16.2. The number of allylic oxidation sites excluding steroid dienone is 1. The fourth-order valence-electron chi connectivity index (χ4n) is 6.38. The highest BCUT2D eigenvalue weighted by molar-refractivity contribution is 5.98. The highest BCUT2D eigenvalue weighted by Gasteiger charge is 2.85. The van der Waals surface area contributed by atoms with E-state index in [-0.39, 0.29) is 25.2 Å². The Labute approximate surface area is 278 Å². The third-order valence-corrected chi connectivity index (χ3v) is 8.93. The summed E-state index contributed by atoms with van der Waals surface area (Å²) in [6.45, 7) is 5.09. The van der Waals surface area contributed by atoms with Gasteiger partial charge in [-0.15, -0.1) is 0 Å². The molecule has 266 valence electrons. The van der Waals surface area contributed by atoms with Crippen LogP contribution in [0.4, 0.5) is 0 Å². The van der Waals surface area contributed by atoms with Gasteiger partial charge in [-0.05, 0) is 37.2 Å². The zero-order chi connectivity index (χ0) is 35.7. The van der Waals surface area contributed by atoms with Gasteiger partial charge in [0.2, 0.25) is 23.1 Å². The van der Waals surface area contributed by atoms with Gasteiger partial charge in [0.1, 0.15) is 12.2 Å². The maximum atomic E-state index is 12.9. The van der Waals surface area contributed by atoms with Crippen molar-refractivity contribution in [2.24, 2.45) is 5.92 Å². The van der Waals surface area contributed by atoms with Crippen molar-refractivity contribution in [1.29, 1.82) is 0 Å². The smallest absolute Gasteiger partial charge is 0.344 e. The van der Waals surface area contributed by atoms with Gasteiger partial charge in [0, 0.05) is 19.8 Å². The fourth-order valence-corrected chi connectivity index (χ4v) is 6.38. The summed E-state index contributed by atoms with van der Waals surface area (Å²) in [7, 11) is 0. The third kappa shape index (κ3) is 8.05. The third-order valence-electron chi connectivity index (χ3n) is 8.93. The Bertz CT molecular complexity index is 1330. The molecule has 3 rings (SSSR count). The Morgan fingerprint density at radius 3 is 2.23 bits per heavy atom. The minimum Gasteiger partial charge on any atom is -0.479 e. The van der Waals surface area contributed by atoms with Gasteiger partial charge >= 0.3 is 29.8 Å². The zero-order valence-electron chi connectivity index (χ0n) is 27.4. The molecule has 14 nitrogen and oxygen atoms in total. The van der Waals surface area contributed by atoms with E-state index in [0.717, 1.165) is 24.8 Å². The van der Waals surface area contributed by atoms with E-state index in [1.54, 1.807) is 0 Å². The van der Waals surface area contributed by atoms with Gasteiger partial charge in [0.25, 0.3) is 0 Å². The highest BCUT2D eigenvalue weighted by atomic mass is 16.8. The van der Waals surface area contributed by atoms with Crippen LogP contribution < -0.4 is 0 Å². The Balaban J connectivity index is 1.89. The molecule has 1 aromatic carbocycles. The van der Waals surface area contributed by atoms with Gasteiger partial charge in [-0.3, -0.25) is 9.59 Å². The Hall–Kier alpha value is -3.85. The van der Waals surface area contributed by atoms with E-state index in [2.05, 4.69) is 0 Å². The first-order chi connectivity index (χ1) is 22.7. The lowest BCUT2D eigenvalue weighted by Crippen LogP contribution is -2.78. The largest absolute Gasteiger partial charge is 0.479 e. The number of fused-ring (bicyclic) bond motifs is 2. The van der Waals surface area contributed by atoms with Crippen LogP contribution in [0.3, 0.4) is 0 Å². The lowest BCUT2D eigenvalue weighted by molar-refractivity contribution is -0.374. The molecule has 1 aromatic rings. The van der Waals surface area contributed by atoms with Crippen molar-refractivity contribution in [2.45, 2.75) is 126 Å². The molecule has 0 aromatic heterocycles. The molecule has 2 unspecified atom stereocenters. The molecule has 2 saturated heterocycles. The second-order valence-electron chi connectivity index (χ2n) is 12.4. The minimum atomic E-state index is -3.84. The second kappa shape index (κ2) is 16.5. The van der Waals surface area contributed by atoms with Crippen molar-refractivity contribution >= 4 is 35.9 Å². The Morgan fingerprint density at radius 2 is 1.65 bits per heavy atom. The fraction of sp³-hybridized carbons (Fsp3) is 0.618. The van der Waals surface area contributed by atoms with Crippen LogP contribution in [0, 0.1) is 5.92 Å². The number of carbonyl (C=O) groups excluding carboxylic acids is 2. The molecule has 2 aliphatic heterocycles. The van der Waals surface area contributed by atoms with Gasteiger partial charge in [0.15, 0.2) is 6.10 Å². The first-order valence-corrected chi connectivity index (χ1v) is 16.2. The monoisotopic (exact) mass is 678 g/mol. The topological polar surface area (TPSA) is 223 Å². The molecule has 5 N–H and O–H groups in total. The number of aliphatic carboxylic acids is 3. The number of rotatable bonds is 19. The van der Waals surface area contributed by atoms with E-state index in [9.17, 15) is 49.5 Å². The van der Waals surface area contributed by atoms with Gasteiger partial charge in [-0.25, -0.2) is 14.4 Å². The number of unbranched alkanes of at least 4 members (excludes halogenated alkanes) is 4. The van der Waals surface area contributed by atoms with E-state index in [1.165, 1.54) is 6.92 Å². The quantitative estimate of drug-likeness (QED) is 0.105. The molecule has 2 fully saturated rings. The lowest BCUT2D eigenvalue weighted by Gasteiger charge is -2.48. The number of hydrogen-bond donors (Lipinski definition) is 5. The van der Waals surface area contributed by atoms with Crippen LogP contribution in [-0.2, 0) is 42.9 Å². The predicted octanol–water partition coefficient (Wildman–Crippen LogP) is 3.31. The van der Waals surface area contributed by atoms with Crippen LogP contribution in [0.15, 0.2) is 36.4 Å². The van der Waals surface area contributed by atoms with Crippen LogP contribution in [0.5, 0.6) is 0 Å². The Morgan fingerprint density at radius 1 is 0.979 bits per heavy atom. The first kappa shape index (κ1) is 38.6. The number of aliphatic hydroxyl groups excluding tert-OH is 1. The molecule has 14 heteroatoms. The van der Waals surface area contributed by atoms with Gasteiger partial charge in [-0.2, -0.15) is 0 Å². The number of ether oxygens (including phenoxy) is 4. The maximum absolute atomic E-state index is 12.9. The van der Waals surface area contributed by atoms with Crippen LogP contribution >= 0.6 is 0 Å². The van der Waals surface area contributed by atoms with Crippen LogP contribution in [0.25, 0.3) is 6.08 Å². The zero-order valence-corrected chi connectivity index (χ0v) is 27.4. The van der Waals surface area contributed by atoms with Gasteiger partial charge in [-0.1, -0.05) is 82.0 Å². The van der Waals surface area contributed by atoms with E-state index in [0.29, 0.717) is 19.3 Å². The summed E-state index contributed by atoms with van der Waals surface area (Å²) < 4.78 is 22.0. The Kier molecular flexibility index (Phi) is 13.3. The van der Waals surface area contributed by atoms with Crippen molar-refractivity contribution < 1.29 is 68.5 Å². The number of carbonyl (C=O) groups is 5. The molecule has 0 saturated carbocycles. The van der Waals surface area contributed by atoms with Crippen molar-refractivity contribution in [3.05, 3.63) is 42.0 Å². The number of benzene rings is 1. The summed E-state index contributed by atoms with van der Waals surface area (Å²) in [4.78, 5) is 62.4. The van der Waals surface area contributed by atoms with E-state index in [4.69, 9.17) is 18.9 Å². The maximum Gasteiger partial charge on any atom is 0.344 e. The molecular formula is C34H46O14. The molecule has 2 bridgehead atoms. The van der Waals surface area contributed by atoms with Crippen molar-refractivity contribution in [2.75, 3.05) is 0 Å². The number of carboxylic acid groups (broad SMARTS) is 3. The highest BCUT2D eigenvalue weighted by Crippen LogP contribution is 2.55. The average molecular weight is 679 g/mol. The molecule has 8 atom stereocenters. The van der Waals surface area contributed by atoms with Crippen LogP contribution in [0.2, 0.25) is 0 Å². The average Bonchev–Trinajstić information content (AvgIpc) is 3.24. The molecule has 48 heavy (non-hydrogen) atoms. The van der Waals surface area contributed by atoms with Gasteiger partial charge < -0.3 is 44.5 Å². The summed E-state index contributed by atoms with van der Waals surface area (Å²) in [5.74, 6) is -10.9. The summed E-state index contributed by atoms with van der Waals surface area (Å²) in [6, 6.07) is 9.52. The normalized spacial score (nSPS) is 29.2. The van der Waals surface area contributed by atoms with Crippen molar-refractivity contribution in [3.8, 4) is 0 Å².